The lowest BCUT2D eigenvalue weighted by Gasteiger charge is -2.27. The number of hydrogen-bond donors (Lipinski definition) is 2. The van der Waals surface area contributed by atoms with Crippen molar-refractivity contribution in [3.63, 3.8) is 0 Å². The van der Waals surface area contributed by atoms with Crippen LogP contribution in [-0.4, -0.2) is 23.7 Å². The molecule has 0 radical (unpaired) electrons. The third kappa shape index (κ3) is 6.06. The third-order valence-electron chi connectivity index (χ3n) is 3.53. The number of rotatable bonds is 4. The second kappa shape index (κ2) is 6.39. The molecule has 1 aliphatic carbocycles. The number of aliphatic hydroxyl groups is 1. The van der Waals surface area contributed by atoms with Crippen LogP contribution in [0.3, 0.4) is 0 Å². The molecule has 0 aliphatic heterocycles. The van der Waals surface area contributed by atoms with E-state index >= 15 is 0 Å². The molecular formula is C14H27NO2. The van der Waals surface area contributed by atoms with Crippen molar-refractivity contribution >= 4 is 5.91 Å². The summed E-state index contributed by atoms with van der Waals surface area (Å²) in [6.45, 7) is 7.08. The van der Waals surface area contributed by atoms with Crippen LogP contribution in [0.1, 0.15) is 59.3 Å². The topological polar surface area (TPSA) is 49.3 Å². The van der Waals surface area contributed by atoms with Crippen LogP contribution in [0.15, 0.2) is 0 Å². The second-order valence-electron chi connectivity index (χ2n) is 6.48. The molecule has 3 heteroatoms. The van der Waals surface area contributed by atoms with Gasteiger partial charge in [-0.1, -0.05) is 33.6 Å². The van der Waals surface area contributed by atoms with Crippen molar-refractivity contribution in [1.82, 2.24) is 5.32 Å². The van der Waals surface area contributed by atoms with Gasteiger partial charge in [-0.3, -0.25) is 4.79 Å². The normalized spacial score (nSPS) is 25.6. The third-order valence-corrected chi connectivity index (χ3v) is 3.53. The van der Waals surface area contributed by atoms with Crippen LogP contribution in [0.4, 0.5) is 0 Å². The van der Waals surface area contributed by atoms with Gasteiger partial charge in [0.25, 0.3) is 0 Å². The molecule has 100 valence electrons. The Bertz CT molecular complexity index is 245. The van der Waals surface area contributed by atoms with Gasteiger partial charge in [-0.25, -0.2) is 0 Å². The van der Waals surface area contributed by atoms with Crippen molar-refractivity contribution in [3.05, 3.63) is 0 Å². The lowest BCUT2D eigenvalue weighted by atomic mass is 9.86. The summed E-state index contributed by atoms with van der Waals surface area (Å²) in [5.41, 5.74) is 0.210. The molecule has 0 bridgehead atoms. The van der Waals surface area contributed by atoms with Gasteiger partial charge in [0.2, 0.25) is 5.91 Å². The van der Waals surface area contributed by atoms with Crippen molar-refractivity contribution in [1.29, 1.82) is 0 Å². The SMILES string of the molecule is CC(C)(C)CCC(=O)NCC1CCCCC1O. The van der Waals surface area contributed by atoms with Crippen molar-refractivity contribution in [2.24, 2.45) is 11.3 Å². The van der Waals surface area contributed by atoms with Crippen LogP contribution in [0.25, 0.3) is 0 Å². The van der Waals surface area contributed by atoms with E-state index in [0.717, 1.165) is 25.7 Å². The minimum absolute atomic E-state index is 0.123. The highest BCUT2D eigenvalue weighted by atomic mass is 16.3. The first kappa shape index (κ1) is 14.5. The Morgan fingerprint density at radius 2 is 1.94 bits per heavy atom. The largest absolute Gasteiger partial charge is 0.393 e. The molecule has 0 saturated heterocycles. The summed E-state index contributed by atoms with van der Waals surface area (Å²) < 4.78 is 0. The first-order valence-corrected chi connectivity index (χ1v) is 6.83. The molecule has 0 aromatic carbocycles. The van der Waals surface area contributed by atoms with E-state index in [1.54, 1.807) is 0 Å². The molecule has 1 aliphatic rings. The zero-order chi connectivity index (χ0) is 12.9. The number of carbonyl (C=O) groups is 1. The van der Waals surface area contributed by atoms with Gasteiger partial charge >= 0.3 is 0 Å². The summed E-state index contributed by atoms with van der Waals surface area (Å²) >= 11 is 0. The predicted molar refractivity (Wildman–Crippen MR) is 69.7 cm³/mol. The lowest BCUT2D eigenvalue weighted by Crippen LogP contribution is -2.36. The number of nitrogens with one attached hydrogen (secondary N) is 1. The van der Waals surface area contributed by atoms with Crippen molar-refractivity contribution in [3.8, 4) is 0 Å². The minimum Gasteiger partial charge on any atom is -0.393 e. The summed E-state index contributed by atoms with van der Waals surface area (Å²) in [5, 5.41) is 12.7. The standard InChI is InChI=1S/C14H27NO2/c1-14(2,3)9-8-13(17)15-10-11-6-4-5-7-12(11)16/h11-12,16H,4-10H2,1-3H3,(H,15,17). The van der Waals surface area contributed by atoms with Gasteiger partial charge in [0, 0.05) is 18.9 Å². The maximum absolute atomic E-state index is 11.6. The molecule has 2 atom stereocenters. The Kier molecular flexibility index (Phi) is 5.44. The van der Waals surface area contributed by atoms with E-state index in [1.165, 1.54) is 6.42 Å². The van der Waals surface area contributed by atoms with E-state index < -0.39 is 0 Å². The Hall–Kier alpha value is -0.570. The van der Waals surface area contributed by atoms with Gasteiger partial charge in [0.15, 0.2) is 0 Å². The van der Waals surface area contributed by atoms with Gasteiger partial charge in [-0.15, -0.1) is 0 Å². The molecule has 2 N–H and O–H groups in total. The summed E-state index contributed by atoms with van der Waals surface area (Å²) in [5.74, 6) is 0.389. The van der Waals surface area contributed by atoms with Crippen molar-refractivity contribution in [2.75, 3.05) is 6.54 Å². The predicted octanol–water partition coefficient (Wildman–Crippen LogP) is 2.48. The van der Waals surface area contributed by atoms with Crippen molar-refractivity contribution < 1.29 is 9.90 Å². The monoisotopic (exact) mass is 241 g/mol. The average molecular weight is 241 g/mol. The molecule has 0 aromatic heterocycles. The molecular weight excluding hydrogens is 214 g/mol. The first-order valence-electron chi connectivity index (χ1n) is 6.83. The average Bonchev–Trinajstić information content (AvgIpc) is 2.24. The van der Waals surface area contributed by atoms with E-state index in [9.17, 15) is 9.90 Å². The highest BCUT2D eigenvalue weighted by Crippen LogP contribution is 2.24. The fourth-order valence-electron chi connectivity index (χ4n) is 2.25. The van der Waals surface area contributed by atoms with Gasteiger partial charge in [-0.2, -0.15) is 0 Å². The zero-order valence-corrected chi connectivity index (χ0v) is 11.5. The quantitative estimate of drug-likeness (QED) is 0.794. The number of amides is 1. The molecule has 1 amide bonds. The minimum atomic E-state index is -0.216. The van der Waals surface area contributed by atoms with E-state index in [1.807, 2.05) is 0 Å². The van der Waals surface area contributed by atoms with Crippen LogP contribution < -0.4 is 5.32 Å². The highest BCUT2D eigenvalue weighted by Gasteiger charge is 2.23. The Labute approximate surface area is 105 Å². The molecule has 0 aromatic rings. The second-order valence-corrected chi connectivity index (χ2v) is 6.48. The van der Waals surface area contributed by atoms with E-state index in [4.69, 9.17) is 0 Å². The first-order chi connectivity index (χ1) is 7.88. The molecule has 0 spiro atoms. The van der Waals surface area contributed by atoms with Crippen molar-refractivity contribution in [2.45, 2.75) is 65.4 Å². The molecule has 3 nitrogen and oxygen atoms in total. The number of hydrogen-bond acceptors (Lipinski definition) is 2. The summed E-state index contributed by atoms with van der Waals surface area (Å²) in [6.07, 6.45) is 5.52. The fourth-order valence-corrected chi connectivity index (χ4v) is 2.25. The summed E-state index contributed by atoms with van der Waals surface area (Å²) in [6, 6.07) is 0. The van der Waals surface area contributed by atoms with Gasteiger partial charge in [-0.05, 0) is 24.7 Å². The van der Waals surface area contributed by atoms with Crippen LogP contribution in [0.2, 0.25) is 0 Å². The van der Waals surface area contributed by atoms with Gasteiger partial charge < -0.3 is 10.4 Å². The van der Waals surface area contributed by atoms with E-state index in [-0.39, 0.29) is 23.3 Å². The molecule has 0 heterocycles. The number of carbonyl (C=O) groups excluding carboxylic acids is 1. The smallest absolute Gasteiger partial charge is 0.220 e. The van der Waals surface area contributed by atoms with Crippen LogP contribution in [-0.2, 0) is 4.79 Å². The van der Waals surface area contributed by atoms with Crippen LogP contribution >= 0.6 is 0 Å². The Morgan fingerprint density at radius 3 is 2.53 bits per heavy atom. The molecule has 2 unspecified atom stereocenters. The van der Waals surface area contributed by atoms with Crippen LogP contribution in [0.5, 0.6) is 0 Å². The van der Waals surface area contributed by atoms with E-state index in [2.05, 4.69) is 26.1 Å². The Morgan fingerprint density at radius 1 is 1.29 bits per heavy atom. The van der Waals surface area contributed by atoms with E-state index in [0.29, 0.717) is 13.0 Å². The maximum atomic E-state index is 11.6. The summed E-state index contributed by atoms with van der Waals surface area (Å²) in [4.78, 5) is 11.6. The molecule has 1 saturated carbocycles. The molecule has 1 fully saturated rings. The summed E-state index contributed by atoms with van der Waals surface area (Å²) in [7, 11) is 0. The lowest BCUT2D eigenvalue weighted by molar-refractivity contribution is -0.122. The fraction of sp³-hybridized carbons (Fsp3) is 0.929. The highest BCUT2D eigenvalue weighted by molar-refractivity contribution is 5.75. The van der Waals surface area contributed by atoms with Gasteiger partial charge in [0.1, 0.15) is 0 Å². The Balaban J connectivity index is 2.19. The zero-order valence-electron chi connectivity index (χ0n) is 11.5. The maximum Gasteiger partial charge on any atom is 0.220 e. The molecule has 1 rings (SSSR count). The van der Waals surface area contributed by atoms with Gasteiger partial charge in [0.05, 0.1) is 6.10 Å². The number of aliphatic hydroxyl groups excluding tert-OH is 1. The molecule has 17 heavy (non-hydrogen) atoms. The van der Waals surface area contributed by atoms with Crippen LogP contribution in [0, 0.1) is 11.3 Å².